The SMILES string of the molecule is CON=C(C)c1ccc2c(c1)CN(Cc1cc(=O)c(OCC3CCN(S(C)(=O)=O)CC3)co1)C2. The van der Waals surface area contributed by atoms with E-state index < -0.39 is 10.0 Å². The molecule has 0 aliphatic carbocycles. The molecule has 2 aliphatic rings. The molecule has 2 aromatic rings. The van der Waals surface area contributed by atoms with Crippen LogP contribution in [-0.4, -0.2) is 56.4 Å². The van der Waals surface area contributed by atoms with Crippen molar-refractivity contribution in [2.75, 3.05) is 33.1 Å². The second kappa shape index (κ2) is 10.3. The smallest absolute Gasteiger partial charge is 0.227 e. The number of oxime groups is 1. The normalized spacial score (nSPS) is 18.1. The first-order valence-electron chi connectivity index (χ1n) is 11.3. The van der Waals surface area contributed by atoms with Crippen LogP contribution in [0.1, 0.15) is 42.2 Å². The summed E-state index contributed by atoms with van der Waals surface area (Å²) in [7, 11) is -1.62. The molecule has 1 aromatic heterocycles. The van der Waals surface area contributed by atoms with Gasteiger partial charge in [0.1, 0.15) is 19.1 Å². The second-order valence-electron chi connectivity index (χ2n) is 8.98. The zero-order chi connectivity index (χ0) is 24.3. The van der Waals surface area contributed by atoms with E-state index in [0.29, 0.717) is 44.8 Å². The average Bonchev–Trinajstić information content (AvgIpc) is 3.20. The average molecular weight is 490 g/mol. The third-order valence-electron chi connectivity index (χ3n) is 6.39. The van der Waals surface area contributed by atoms with Crippen LogP contribution < -0.4 is 10.2 Å². The van der Waals surface area contributed by atoms with Crippen molar-refractivity contribution in [2.24, 2.45) is 11.1 Å². The summed E-state index contributed by atoms with van der Waals surface area (Å²) in [5.41, 5.74) is 4.12. The Balaban J connectivity index is 1.30. The van der Waals surface area contributed by atoms with E-state index in [1.54, 1.807) is 0 Å². The fourth-order valence-electron chi connectivity index (χ4n) is 4.45. The molecular weight excluding hydrogens is 458 g/mol. The number of rotatable bonds is 8. The molecule has 4 rings (SSSR count). The minimum absolute atomic E-state index is 0.191. The summed E-state index contributed by atoms with van der Waals surface area (Å²) in [6, 6.07) is 7.76. The van der Waals surface area contributed by atoms with Gasteiger partial charge in [-0.1, -0.05) is 17.3 Å². The Morgan fingerprint density at radius 1 is 1.18 bits per heavy atom. The van der Waals surface area contributed by atoms with Crippen LogP contribution in [0, 0.1) is 5.92 Å². The van der Waals surface area contributed by atoms with E-state index >= 15 is 0 Å². The first-order chi connectivity index (χ1) is 16.2. The van der Waals surface area contributed by atoms with Crippen LogP contribution in [0.4, 0.5) is 0 Å². The van der Waals surface area contributed by atoms with Crippen LogP contribution in [0.25, 0.3) is 0 Å². The molecule has 0 bridgehead atoms. The summed E-state index contributed by atoms with van der Waals surface area (Å²) in [5.74, 6) is 0.989. The lowest BCUT2D eigenvalue weighted by Crippen LogP contribution is -2.39. The zero-order valence-corrected chi connectivity index (χ0v) is 20.6. The second-order valence-corrected chi connectivity index (χ2v) is 11.0. The number of nitrogens with zero attached hydrogens (tertiary/aromatic N) is 3. The highest BCUT2D eigenvalue weighted by molar-refractivity contribution is 7.88. The molecule has 0 N–H and O–H groups in total. The molecule has 1 aromatic carbocycles. The Morgan fingerprint density at radius 3 is 2.59 bits per heavy atom. The number of piperidine rings is 1. The van der Waals surface area contributed by atoms with Gasteiger partial charge in [0.15, 0.2) is 0 Å². The Labute approximate surface area is 200 Å². The van der Waals surface area contributed by atoms with Gasteiger partial charge in [0.2, 0.25) is 21.2 Å². The van der Waals surface area contributed by atoms with Crippen LogP contribution >= 0.6 is 0 Å². The largest absolute Gasteiger partial charge is 0.486 e. The Morgan fingerprint density at radius 2 is 1.91 bits per heavy atom. The predicted molar refractivity (Wildman–Crippen MR) is 128 cm³/mol. The fourth-order valence-corrected chi connectivity index (χ4v) is 5.33. The molecule has 0 saturated carbocycles. The summed E-state index contributed by atoms with van der Waals surface area (Å²) in [4.78, 5) is 19.6. The molecule has 10 heteroatoms. The van der Waals surface area contributed by atoms with Gasteiger partial charge in [0.05, 0.1) is 25.1 Å². The first-order valence-corrected chi connectivity index (χ1v) is 13.2. The van der Waals surface area contributed by atoms with E-state index in [2.05, 4.69) is 22.2 Å². The lowest BCUT2D eigenvalue weighted by atomic mass is 9.99. The molecule has 3 heterocycles. The third kappa shape index (κ3) is 5.86. The van der Waals surface area contributed by atoms with Gasteiger partial charge in [-0.3, -0.25) is 9.69 Å². The maximum Gasteiger partial charge on any atom is 0.227 e. The van der Waals surface area contributed by atoms with Gasteiger partial charge in [-0.2, -0.15) is 0 Å². The van der Waals surface area contributed by atoms with E-state index in [-0.39, 0.29) is 17.1 Å². The summed E-state index contributed by atoms with van der Waals surface area (Å²) >= 11 is 0. The Bertz CT molecular complexity index is 1220. The number of benzene rings is 1. The van der Waals surface area contributed by atoms with Crippen molar-refractivity contribution in [1.82, 2.24) is 9.21 Å². The van der Waals surface area contributed by atoms with Gasteiger partial charge in [-0.15, -0.1) is 0 Å². The minimum atomic E-state index is -3.15. The standard InChI is InChI=1S/C24H31N3O6S/c1-17(25-31-2)19-4-5-20-12-26(13-21(20)10-19)14-22-11-23(28)24(16-32-22)33-15-18-6-8-27(9-7-18)34(3,29)30/h4-5,10-11,16,18H,6-9,12-15H2,1-3H3. The van der Waals surface area contributed by atoms with Gasteiger partial charge in [-0.05, 0) is 48.4 Å². The Hall–Kier alpha value is -2.69. The topological polar surface area (TPSA) is 102 Å². The van der Waals surface area contributed by atoms with Crippen molar-refractivity contribution in [1.29, 1.82) is 0 Å². The van der Waals surface area contributed by atoms with E-state index in [0.717, 1.165) is 24.4 Å². The zero-order valence-electron chi connectivity index (χ0n) is 19.8. The molecule has 0 radical (unpaired) electrons. The molecular formula is C24H31N3O6S. The maximum atomic E-state index is 12.6. The molecule has 1 saturated heterocycles. The highest BCUT2D eigenvalue weighted by Crippen LogP contribution is 2.26. The monoisotopic (exact) mass is 489 g/mol. The molecule has 1 fully saturated rings. The summed E-state index contributed by atoms with van der Waals surface area (Å²) in [5, 5.41) is 4.00. The van der Waals surface area contributed by atoms with Crippen molar-refractivity contribution in [3.05, 3.63) is 63.2 Å². The van der Waals surface area contributed by atoms with E-state index in [1.165, 1.54) is 41.1 Å². The van der Waals surface area contributed by atoms with Gasteiger partial charge in [0.25, 0.3) is 0 Å². The number of hydrogen-bond donors (Lipinski definition) is 0. The third-order valence-corrected chi connectivity index (χ3v) is 7.69. The predicted octanol–water partition coefficient (Wildman–Crippen LogP) is 2.58. The lowest BCUT2D eigenvalue weighted by Gasteiger charge is -2.29. The molecule has 0 amide bonds. The first kappa shape index (κ1) is 24.4. The van der Waals surface area contributed by atoms with Crippen molar-refractivity contribution in [3.8, 4) is 5.75 Å². The van der Waals surface area contributed by atoms with Crippen molar-refractivity contribution < 1.29 is 22.4 Å². The van der Waals surface area contributed by atoms with Gasteiger partial charge >= 0.3 is 0 Å². The molecule has 9 nitrogen and oxygen atoms in total. The van der Waals surface area contributed by atoms with Gasteiger partial charge < -0.3 is 14.0 Å². The van der Waals surface area contributed by atoms with Crippen molar-refractivity contribution in [3.63, 3.8) is 0 Å². The van der Waals surface area contributed by atoms with Crippen LogP contribution in [-0.2, 0) is 34.5 Å². The molecule has 184 valence electrons. The van der Waals surface area contributed by atoms with E-state index in [1.807, 2.05) is 13.0 Å². The summed E-state index contributed by atoms with van der Waals surface area (Å²) in [6.45, 7) is 5.32. The molecule has 0 atom stereocenters. The molecule has 34 heavy (non-hydrogen) atoms. The van der Waals surface area contributed by atoms with Gasteiger partial charge in [-0.25, -0.2) is 12.7 Å². The minimum Gasteiger partial charge on any atom is -0.486 e. The quantitative estimate of drug-likeness (QED) is 0.415. The van der Waals surface area contributed by atoms with Gasteiger partial charge in [0, 0.05) is 32.2 Å². The summed E-state index contributed by atoms with van der Waals surface area (Å²) in [6.07, 6.45) is 4.04. The number of ether oxygens (including phenoxy) is 1. The van der Waals surface area contributed by atoms with E-state index in [9.17, 15) is 13.2 Å². The summed E-state index contributed by atoms with van der Waals surface area (Å²) < 4.78 is 36.2. The van der Waals surface area contributed by atoms with Crippen LogP contribution in [0.5, 0.6) is 5.75 Å². The molecule has 0 spiro atoms. The fraction of sp³-hybridized carbons (Fsp3) is 0.500. The van der Waals surface area contributed by atoms with Crippen LogP contribution in [0.2, 0.25) is 0 Å². The maximum absolute atomic E-state index is 12.6. The molecule has 0 unspecified atom stereocenters. The number of sulfonamides is 1. The molecule has 2 aliphatic heterocycles. The number of hydrogen-bond acceptors (Lipinski definition) is 8. The number of fused-ring (bicyclic) bond motifs is 1. The lowest BCUT2D eigenvalue weighted by molar-refractivity contribution is 0.180. The van der Waals surface area contributed by atoms with Crippen molar-refractivity contribution >= 4 is 15.7 Å². The van der Waals surface area contributed by atoms with Crippen LogP contribution in [0.15, 0.2) is 44.9 Å². The highest BCUT2D eigenvalue weighted by atomic mass is 32.2. The van der Waals surface area contributed by atoms with Crippen molar-refractivity contribution in [2.45, 2.75) is 39.4 Å². The Kier molecular flexibility index (Phi) is 7.39. The van der Waals surface area contributed by atoms with E-state index in [4.69, 9.17) is 14.0 Å². The highest BCUT2D eigenvalue weighted by Gasteiger charge is 2.26. The van der Waals surface area contributed by atoms with Crippen LogP contribution in [0.3, 0.4) is 0 Å².